The summed E-state index contributed by atoms with van der Waals surface area (Å²) < 4.78 is 10.7. The van der Waals surface area contributed by atoms with Crippen LogP contribution < -0.4 is 14.8 Å². The number of nitro groups is 1. The van der Waals surface area contributed by atoms with Gasteiger partial charge in [-0.1, -0.05) is 12.1 Å². The van der Waals surface area contributed by atoms with Gasteiger partial charge in [-0.15, -0.1) is 11.3 Å². The second-order valence-electron chi connectivity index (χ2n) is 5.78. The molecule has 1 heterocycles. The van der Waals surface area contributed by atoms with Crippen LogP contribution in [0.2, 0.25) is 0 Å². The Balaban J connectivity index is 1.61. The Morgan fingerprint density at radius 3 is 2.79 bits per heavy atom. The van der Waals surface area contributed by atoms with Crippen LogP contribution in [0.5, 0.6) is 11.5 Å². The van der Waals surface area contributed by atoms with Crippen molar-refractivity contribution in [3.05, 3.63) is 63.5 Å². The summed E-state index contributed by atoms with van der Waals surface area (Å²) in [6.45, 7) is 1.38. The standard InChI is InChI=1S/C19H17N3O5S/c1-12-9-13(7-8-16(12)22(24)25)27-10-18(23)21-19-20-15(11-28-19)14-5-3-4-6-17(14)26-2/h3-9,11H,10H2,1-2H3,(H,20,21,23). The molecule has 0 saturated carbocycles. The van der Waals surface area contributed by atoms with Gasteiger partial charge in [0.2, 0.25) is 0 Å². The van der Waals surface area contributed by atoms with Gasteiger partial charge in [0.1, 0.15) is 11.5 Å². The Bertz CT molecular complexity index is 1020. The van der Waals surface area contributed by atoms with Crippen LogP contribution in [0.4, 0.5) is 10.8 Å². The van der Waals surface area contributed by atoms with Crippen LogP contribution in [0.25, 0.3) is 11.3 Å². The molecule has 0 fully saturated rings. The first-order valence-corrected chi connectivity index (χ1v) is 9.12. The average Bonchev–Trinajstić information content (AvgIpc) is 3.14. The summed E-state index contributed by atoms with van der Waals surface area (Å²) in [6.07, 6.45) is 0. The first kappa shape index (κ1) is 19.3. The molecule has 0 spiro atoms. The molecule has 28 heavy (non-hydrogen) atoms. The topological polar surface area (TPSA) is 104 Å². The molecule has 144 valence electrons. The number of anilines is 1. The number of carbonyl (C=O) groups is 1. The lowest BCUT2D eigenvalue weighted by atomic mass is 10.1. The van der Waals surface area contributed by atoms with Crippen LogP contribution in [0, 0.1) is 17.0 Å². The first-order valence-electron chi connectivity index (χ1n) is 8.24. The van der Waals surface area contributed by atoms with Gasteiger partial charge in [0.15, 0.2) is 11.7 Å². The van der Waals surface area contributed by atoms with Crippen molar-refractivity contribution in [3.8, 4) is 22.8 Å². The van der Waals surface area contributed by atoms with E-state index >= 15 is 0 Å². The molecule has 0 aliphatic rings. The molecule has 1 N–H and O–H groups in total. The number of hydrogen-bond donors (Lipinski definition) is 1. The molecule has 0 radical (unpaired) electrons. The van der Waals surface area contributed by atoms with Crippen molar-refractivity contribution < 1.29 is 19.2 Å². The fraction of sp³-hybridized carbons (Fsp3) is 0.158. The van der Waals surface area contributed by atoms with E-state index in [9.17, 15) is 14.9 Å². The van der Waals surface area contributed by atoms with E-state index in [-0.39, 0.29) is 18.2 Å². The zero-order valence-electron chi connectivity index (χ0n) is 15.2. The number of benzene rings is 2. The van der Waals surface area contributed by atoms with E-state index in [0.717, 1.165) is 5.56 Å². The molecule has 0 unspecified atom stereocenters. The maximum absolute atomic E-state index is 12.1. The second-order valence-corrected chi connectivity index (χ2v) is 6.64. The summed E-state index contributed by atoms with van der Waals surface area (Å²) in [5.41, 5.74) is 2.00. The predicted molar refractivity (Wildman–Crippen MR) is 106 cm³/mol. The highest BCUT2D eigenvalue weighted by atomic mass is 32.1. The van der Waals surface area contributed by atoms with Crippen molar-refractivity contribution in [1.82, 2.24) is 4.98 Å². The third-order valence-corrected chi connectivity index (χ3v) is 4.63. The summed E-state index contributed by atoms with van der Waals surface area (Å²) in [4.78, 5) is 26.9. The van der Waals surface area contributed by atoms with Crippen molar-refractivity contribution in [2.75, 3.05) is 19.0 Å². The van der Waals surface area contributed by atoms with Crippen LogP contribution in [-0.2, 0) is 4.79 Å². The maximum Gasteiger partial charge on any atom is 0.272 e. The van der Waals surface area contributed by atoms with Crippen molar-refractivity contribution >= 4 is 28.1 Å². The first-order chi connectivity index (χ1) is 13.5. The Hall–Kier alpha value is -3.46. The van der Waals surface area contributed by atoms with E-state index in [1.807, 2.05) is 29.6 Å². The summed E-state index contributed by atoms with van der Waals surface area (Å²) in [5, 5.41) is 15.8. The van der Waals surface area contributed by atoms with Crippen molar-refractivity contribution in [1.29, 1.82) is 0 Å². The van der Waals surface area contributed by atoms with E-state index in [0.29, 0.717) is 27.9 Å². The molecule has 2 aromatic carbocycles. The lowest BCUT2D eigenvalue weighted by molar-refractivity contribution is -0.385. The summed E-state index contributed by atoms with van der Waals surface area (Å²) >= 11 is 1.29. The molecular formula is C19H17N3O5S. The number of thiazole rings is 1. The quantitative estimate of drug-likeness (QED) is 0.475. The highest BCUT2D eigenvalue weighted by molar-refractivity contribution is 7.14. The predicted octanol–water partition coefficient (Wildman–Crippen LogP) is 4.05. The summed E-state index contributed by atoms with van der Waals surface area (Å²) in [6, 6.07) is 11.8. The minimum Gasteiger partial charge on any atom is -0.496 e. The number of rotatable bonds is 7. The Labute approximate surface area is 164 Å². The van der Waals surface area contributed by atoms with Crippen LogP contribution >= 0.6 is 11.3 Å². The number of ether oxygens (including phenoxy) is 2. The van der Waals surface area contributed by atoms with Gasteiger partial charge in [-0.2, -0.15) is 0 Å². The van der Waals surface area contributed by atoms with Gasteiger partial charge in [-0.05, 0) is 31.2 Å². The van der Waals surface area contributed by atoms with E-state index in [2.05, 4.69) is 10.3 Å². The molecule has 0 atom stereocenters. The van der Waals surface area contributed by atoms with E-state index in [1.54, 1.807) is 14.0 Å². The largest absolute Gasteiger partial charge is 0.496 e. The molecule has 3 aromatic rings. The number of nitrogens with one attached hydrogen (secondary N) is 1. The fourth-order valence-electron chi connectivity index (χ4n) is 2.54. The number of aromatic nitrogens is 1. The van der Waals surface area contributed by atoms with Crippen LogP contribution in [0.3, 0.4) is 0 Å². The normalized spacial score (nSPS) is 10.4. The van der Waals surface area contributed by atoms with E-state index in [1.165, 1.54) is 29.5 Å². The van der Waals surface area contributed by atoms with Crippen molar-refractivity contribution in [3.63, 3.8) is 0 Å². The van der Waals surface area contributed by atoms with Gasteiger partial charge in [-0.25, -0.2) is 4.98 Å². The molecule has 0 aliphatic heterocycles. The average molecular weight is 399 g/mol. The molecule has 3 rings (SSSR count). The second kappa shape index (κ2) is 8.49. The third-order valence-electron chi connectivity index (χ3n) is 3.87. The highest BCUT2D eigenvalue weighted by Gasteiger charge is 2.13. The Morgan fingerprint density at radius 1 is 1.29 bits per heavy atom. The van der Waals surface area contributed by atoms with Crippen LogP contribution in [-0.4, -0.2) is 29.5 Å². The highest BCUT2D eigenvalue weighted by Crippen LogP contribution is 2.31. The molecule has 0 aliphatic carbocycles. The number of aryl methyl sites for hydroxylation is 1. The van der Waals surface area contributed by atoms with E-state index in [4.69, 9.17) is 9.47 Å². The molecule has 1 aromatic heterocycles. The Morgan fingerprint density at radius 2 is 2.07 bits per heavy atom. The number of hydrogen-bond acceptors (Lipinski definition) is 7. The van der Waals surface area contributed by atoms with E-state index < -0.39 is 4.92 Å². The maximum atomic E-state index is 12.1. The molecule has 0 bridgehead atoms. The van der Waals surface area contributed by atoms with Gasteiger partial charge in [-0.3, -0.25) is 20.2 Å². The molecule has 1 amide bonds. The summed E-state index contributed by atoms with van der Waals surface area (Å²) in [5.74, 6) is 0.701. The van der Waals surface area contributed by atoms with Crippen molar-refractivity contribution in [2.24, 2.45) is 0 Å². The van der Waals surface area contributed by atoms with Gasteiger partial charge < -0.3 is 9.47 Å². The zero-order chi connectivity index (χ0) is 20.1. The monoisotopic (exact) mass is 399 g/mol. The van der Waals surface area contributed by atoms with Gasteiger partial charge in [0, 0.05) is 22.6 Å². The molecule has 8 nitrogen and oxygen atoms in total. The van der Waals surface area contributed by atoms with Crippen LogP contribution in [0.1, 0.15) is 5.56 Å². The molecule has 9 heteroatoms. The lowest BCUT2D eigenvalue weighted by Gasteiger charge is -2.07. The fourth-order valence-corrected chi connectivity index (χ4v) is 3.26. The minimum atomic E-state index is -0.465. The Kier molecular flexibility index (Phi) is 5.85. The number of carbonyl (C=O) groups excluding carboxylic acids is 1. The third kappa shape index (κ3) is 4.44. The number of para-hydroxylation sites is 1. The number of methoxy groups -OCH3 is 1. The van der Waals surface area contributed by atoms with Gasteiger partial charge in [0.05, 0.1) is 17.7 Å². The van der Waals surface area contributed by atoms with Gasteiger partial charge in [0.25, 0.3) is 11.6 Å². The number of amides is 1. The van der Waals surface area contributed by atoms with Gasteiger partial charge >= 0.3 is 0 Å². The van der Waals surface area contributed by atoms with Crippen molar-refractivity contribution in [2.45, 2.75) is 6.92 Å². The molecule has 0 saturated heterocycles. The molecular weight excluding hydrogens is 382 g/mol. The number of nitrogens with zero attached hydrogens (tertiary/aromatic N) is 2. The zero-order valence-corrected chi connectivity index (χ0v) is 16.0. The minimum absolute atomic E-state index is 0.00320. The smallest absolute Gasteiger partial charge is 0.272 e. The van der Waals surface area contributed by atoms with Crippen LogP contribution in [0.15, 0.2) is 47.8 Å². The summed E-state index contributed by atoms with van der Waals surface area (Å²) in [7, 11) is 1.59. The SMILES string of the molecule is COc1ccccc1-c1csc(NC(=O)COc2ccc([N+](=O)[O-])c(C)c2)n1. The lowest BCUT2D eigenvalue weighted by Crippen LogP contribution is -2.20. The number of nitro benzene ring substituents is 1.